The van der Waals surface area contributed by atoms with E-state index in [1.54, 1.807) is 0 Å². The molecule has 0 N–H and O–H groups in total. The van der Waals surface area contributed by atoms with Gasteiger partial charge < -0.3 is 9.64 Å². The zero-order valence-electron chi connectivity index (χ0n) is 13.6. The SMILES string of the molecule is C#CCOc1c(C)cc(C(=O)N2C3CCCCC32)c(C)c1C. The van der Waals surface area contributed by atoms with Crippen LogP contribution in [0.25, 0.3) is 0 Å². The van der Waals surface area contributed by atoms with Crippen molar-refractivity contribution in [1.29, 1.82) is 0 Å². The first-order valence-corrected chi connectivity index (χ1v) is 8.06. The molecule has 1 aromatic carbocycles. The van der Waals surface area contributed by atoms with Gasteiger partial charge in [-0.1, -0.05) is 18.8 Å². The van der Waals surface area contributed by atoms with E-state index in [1.165, 1.54) is 12.8 Å². The molecule has 2 unspecified atom stereocenters. The number of fused-ring (bicyclic) bond motifs is 1. The quantitative estimate of drug-likeness (QED) is 0.632. The van der Waals surface area contributed by atoms with Crippen LogP contribution in [0.4, 0.5) is 0 Å². The third-order valence-corrected chi connectivity index (χ3v) is 5.11. The van der Waals surface area contributed by atoms with Crippen LogP contribution in [0.15, 0.2) is 6.07 Å². The number of carbonyl (C=O) groups excluding carboxylic acids is 1. The van der Waals surface area contributed by atoms with Gasteiger partial charge in [-0.15, -0.1) is 6.42 Å². The van der Waals surface area contributed by atoms with Gasteiger partial charge in [0.2, 0.25) is 0 Å². The maximum Gasteiger partial charge on any atom is 0.254 e. The highest BCUT2D eigenvalue weighted by Gasteiger charge is 2.51. The molecule has 116 valence electrons. The summed E-state index contributed by atoms with van der Waals surface area (Å²) < 4.78 is 5.64. The van der Waals surface area contributed by atoms with E-state index in [9.17, 15) is 4.79 Å². The van der Waals surface area contributed by atoms with Crippen molar-refractivity contribution in [3.63, 3.8) is 0 Å². The van der Waals surface area contributed by atoms with Gasteiger partial charge in [-0.2, -0.15) is 0 Å². The second-order valence-electron chi connectivity index (χ2n) is 6.44. The van der Waals surface area contributed by atoms with Crippen LogP contribution in [-0.2, 0) is 0 Å². The summed E-state index contributed by atoms with van der Waals surface area (Å²) in [5.41, 5.74) is 3.82. The van der Waals surface area contributed by atoms with Gasteiger partial charge in [0, 0.05) is 5.56 Å². The molecule has 1 heterocycles. The number of hydrogen-bond donors (Lipinski definition) is 0. The van der Waals surface area contributed by atoms with E-state index >= 15 is 0 Å². The molecule has 3 rings (SSSR count). The molecule has 1 saturated heterocycles. The van der Waals surface area contributed by atoms with Crippen LogP contribution in [0.2, 0.25) is 0 Å². The number of amides is 1. The normalized spacial score (nSPS) is 22.7. The summed E-state index contributed by atoms with van der Waals surface area (Å²) in [7, 11) is 0. The van der Waals surface area contributed by atoms with E-state index in [-0.39, 0.29) is 12.5 Å². The lowest BCUT2D eigenvalue weighted by Gasteiger charge is -2.16. The molecule has 3 nitrogen and oxygen atoms in total. The topological polar surface area (TPSA) is 29.3 Å². The molecule has 1 aromatic rings. The minimum absolute atomic E-state index is 0.184. The van der Waals surface area contributed by atoms with Gasteiger partial charge in [0.25, 0.3) is 5.91 Å². The molecule has 2 fully saturated rings. The molecule has 1 saturated carbocycles. The van der Waals surface area contributed by atoms with Crippen molar-refractivity contribution in [2.75, 3.05) is 6.61 Å². The highest BCUT2D eigenvalue weighted by atomic mass is 16.5. The van der Waals surface area contributed by atoms with Gasteiger partial charge in [0.05, 0.1) is 12.1 Å². The van der Waals surface area contributed by atoms with Crippen LogP contribution in [0.5, 0.6) is 5.75 Å². The van der Waals surface area contributed by atoms with Gasteiger partial charge in [-0.25, -0.2) is 0 Å². The predicted octanol–water partition coefficient (Wildman–Crippen LogP) is 3.39. The Balaban J connectivity index is 1.88. The maximum absolute atomic E-state index is 12.9. The zero-order valence-corrected chi connectivity index (χ0v) is 13.6. The Bertz CT molecular complexity index is 644. The largest absolute Gasteiger partial charge is 0.480 e. The molecule has 1 aliphatic carbocycles. The average molecular weight is 297 g/mol. The minimum Gasteiger partial charge on any atom is -0.480 e. The summed E-state index contributed by atoms with van der Waals surface area (Å²) >= 11 is 0. The fraction of sp³-hybridized carbons (Fsp3) is 0.526. The molecule has 2 atom stereocenters. The first kappa shape index (κ1) is 15.0. The highest BCUT2D eigenvalue weighted by Crippen LogP contribution is 2.42. The van der Waals surface area contributed by atoms with Gasteiger partial charge in [-0.3, -0.25) is 4.79 Å². The van der Waals surface area contributed by atoms with Gasteiger partial charge in [0.15, 0.2) is 0 Å². The summed E-state index contributed by atoms with van der Waals surface area (Å²) in [6.07, 6.45) is 10.1. The van der Waals surface area contributed by atoms with Crippen molar-refractivity contribution in [3.8, 4) is 18.1 Å². The first-order valence-electron chi connectivity index (χ1n) is 8.06. The fourth-order valence-corrected chi connectivity index (χ4v) is 3.76. The Kier molecular flexibility index (Phi) is 3.87. The number of benzene rings is 1. The maximum atomic E-state index is 12.9. The Morgan fingerprint density at radius 1 is 1.27 bits per heavy atom. The van der Waals surface area contributed by atoms with Crippen LogP contribution in [0.3, 0.4) is 0 Å². The Morgan fingerprint density at radius 3 is 2.50 bits per heavy atom. The van der Waals surface area contributed by atoms with E-state index < -0.39 is 0 Å². The van der Waals surface area contributed by atoms with E-state index in [4.69, 9.17) is 11.2 Å². The van der Waals surface area contributed by atoms with Crippen LogP contribution >= 0.6 is 0 Å². The second kappa shape index (κ2) is 5.68. The van der Waals surface area contributed by atoms with Gasteiger partial charge in [0.1, 0.15) is 12.4 Å². The molecular formula is C19H23NO2. The van der Waals surface area contributed by atoms with Crippen molar-refractivity contribution in [1.82, 2.24) is 4.90 Å². The van der Waals surface area contributed by atoms with Gasteiger partial charge in [-0.05, 0) is 56.4 Å². The van der Waals surface area contributed by atoms with Crippen molar-refractivity contribution in [2.24, 2.45) is 0 Å². The Hall–Kier alpha value is -1.95. The van der Waals surface area contributed by atoms with E-state index in [2.05, 4.69) is 10.8 Å². The summed E-state index contributed by atoms with van der Waals surface area (Å²) in [6, 6.07) is 2.93. The number of terminal acetylenes is 1. The van der Waals surface area contributed by atoms with Crippen LogP contribution in [-0.4, -0.2) is 29.5 Å². The lowest BCUT2D eigenvalue weighted by Crippen LogP contribution is -2.17. The molecule has 1 amide bonds. The minimum atomic E-state index is 0.184. The second-order valence-corrected chi connectivity index (χ2v) is 6.44. The smallest absolute Gasteiger partial charge is 0.254 e. The summed E-state index contributed by atoms with van der Waals surface area (Å²) in [5, 5.41) is 0. The molecule has 0 radical (unpaired) electrons. The molecule has 0 spiro atoms. The van der Waals surface area contributed by atoms with Crippen LogP contribution in [0, 0.1) is 33.1 Å². The monoisotopic (exact) mass is 297 g/mol. The molecular weight excluding hydrogens is 274 g/mol. The van der Waals surface area contributed by atoms with Crippen molar-refractivity contribution >= 4 is 5.91 Å². The number of likely N-dealkylation sites (tertiary alicyclic amines) is 1. The van der Waals surface area contributed by atoms with Crippen molar-refractivity contribution < 1.29 is 9.53 Å². The van der Waals surface area contributed by atoms with Crippen molar-refractivity contribution in [3.05, 3.63) is 28.3 Å². The molecule has 22 heavy (non-hydrogen) atoms. The fourth-order valence-electron chi connectivity index (χ4n) is 3.76. The van der Waals surface area contributed by atoms with Crippen molar-refractivity contribution in [2.45, 2.75) is 58.5 Å². The summed E-state index contributed by atoms with van der Waals surface area (Å²) in [6.45, 7) is 6.23. The average Bonchev–Trinajstić information content (AvgIpc) is 3.24. The number of rotatable bonds is 3. The number of aryl methyl sites for hydroxylation is 1. The zero-order chi connectivity index (χ0) is 15.9. The number of hydrogen-bond acceptors (Lipinski definition) is 2. The predicted molar refractivity (Wildman–Crippen MR) is 87.2 cm³/mol. The summed E-state index contributed by atoms with van der Waals surface area (Å²) in [4.78, 5) is 15.0. The molecule has 1 aliphatic heterocycles. The summed E-state index contributed by atoms with van der Waals surface area (Å²) in [5.74, 6) is 3.49. The Labute approximate surface area is 132 Å². The Morgan fingerprint density at radius 2 is 1.91 bits per heavy atom. The highest BCUT2D eigenvalue weighted by molar-refractivity contribution is 5.98. The van der Waals surface area contributed by atoms with E-state index in [1.807, 2.05) is 26.8 Å². The molecule has 0 aromatic heterocycles. The number of ether oxygens (including phenoxy) is 1. The molecule has 2 aliphatic rings. The van der Waals surface area contributed by atoms with E-state index in [0.29, 0.717) is 12.1 Å². The third-order valence-electron chi connectivity index (χ3n) is 5.11. The lowest BCUT2D eigenvalue weighted by molar-refractivity contribution is 0.0864. The van der Waals surface area contributed by atoms with Gasteiger partial charge >= 0.3 is 0 Å². The number of nitrogens with zero attached hydrogens (tertiary/aromatic N) is 1. The van der Waals surface area contributed by atoms with E-state index in [0.717, 1.165) is 40.8 Å². The number of carbonyl (C=O) groups is 1. The van der Waals surface area contributed by atoms with Crippen LogP contribution < -0.4 is 4.74 Å². The molecule has 0 bridgehead atoms. The first-order chi connectivity index (χ1) is 10.6. The molecule has 3 heteroatoms. The standard InChI is InChI=1S/C19H23NO2/c1-5-10-22-18-12(2)11-15(13(3)14(18)4)19(21)20-16-8-6-7-9-17(16)20/h1,11,16-17H,6-10H2,2-4H3. The third kappa shape index (κ3) is 2.37. The lowest BCUT2D eigenvalue weighted by atomic mass is 9.98. The van der Waals surface area contributed by atoms with Crippen LogP contribution in [0.1, 0.15) is 52.7 Å².